The molecule has 1 heterocycles. The van der Waals surface area contributed by atoms with Crippen LogP contribution in [0.5, 0.6) is 0 Å². The Morgan fingerprint density at radius 3 is 2.74 bits per heavy atom. The van der Waals surface area contributed by atoms with Crippen LogP contribution >= 0.6 is 11.6 Å². The summed E-state index contributed by atoms with van der Waals surface area (Å²) in [6.45, 7) is 12.4. The number of ether oxygens (including phenoxy) is 1. The van der Waals surface area contributed by atoms with Crippen LogP contribution in [0.1, 0.15) is 20.8 Å². The molecular formula is C13H12ClN3O2. The maximum Gasteiger partial charge on any atom is 0.435 e. The minimum absolute atomic E-state index is 0.277. The Balaban J connectivity index is 2.51. The van der Waals surface area contributed by atoms with Crippen molar-refractivity contribution in [1.82, 2.24) is 9.78 Å². The molecule has 0 aliphatic carbocycles. The van der Waals surface area contributed by atoms with E-state index in [0.29, 0.717) is 15.9 Å². The Hall–Kier alpha value is -2.06. The summed E-state index contributed by atoms with van der Waals surface area (Å²) < 4.78 is 6.38. The number of carbonyl (C=O) groups is 1. The average molecular weight is 278 g/mol. The molecule has 0 aliphatic rings. The summed E-state index contributed by atoms with van der Waals surface area (Å²) in [6.07, 6.45) is 0.930. The van der Waals surface area contributed by atoms with Gasteiger partial charge in [-0.25, -0.2) is 9.64 Å². The van der Waals surface area contributed by atoms with Crippen LogP contribution in [0.25, 0.3) is 15.7 Å². The number of hydrogen-bond donors (Lipinski definition) is 0. The van der Waals surface area contributed by atoms with E-state index in [-0.39, 0.29) is 5.69 Å². The van der Waals surface area contributed by atoms with Crippen molar-refractivity contribution in [3.8, 4) is 0 Å². The molecule has 0 spiro atoms. The minimum Gasteiger partial charge on any atom is -0.442 e. The largest absolute Gasteiger partial charge is 0.442 e. The zero-order valence-electron chi connectivity index (χ0n) is 10.8. The highest BCUT2D eigenvalue weighted by Crippen LogP contribution is 2.30. The van der Waals surface area contributed by atoms with Crippen molar-refractivity contribution in [3.63, 3.8) is 0 Å². The van der Waals surface area contributed by atoms with Crippen LogP contribution in [0.3, 0.4) is 0 Å². The Labute approximate surface area is 115 Å². The maximum absolute atomic E-state index is 12.0. The van der Waals surface area contributed by atoms with Crippen LogP contribution in [0.15, 0.2) is 18.3 Å². The third kappa shape index (κ3) is 2.69. The van der Waals surface area contributed by atoms with Crippen LogP contribution < -0.4 is 0 Å². The first-order chi connectivity index (χ1) is 8.81. The number of rotatable bonds is 0. The highest BCUT2D eigenvalue weighted by atomic mass is 35.5. The van der Waals surface area contributed by atoms with Crippen LogP contribution in [-0.4, -0.2) is 21.5 Å². The number of fused-ring (bicyclic) bond motifs is 1. The lowest BCUT2D eigenvalue weighted by Crippen LogP contribution is -2.27. The minimum atomic E-state index is -0.607. The fraction of sp³-hybridized carbons (Fsp3) is 0.308. The molecule has 0 saturated heterocycles. The van der Waals surface area contributed by atoms with Crippen molar-refractivity contribution in [2.24, 2.45) is 0 Å². The van der Waals surface area contributed by atoms with Crippen LogP contribution in [-0.2, 0) is 4.74 Å². The topological polar surface area (TPSA) is 48.5 Å². The number of halogens is 1. The lowest BCUT2D eigenvalue weighted by molar-refractivity contribution is 0.0523. The van der Waals surface area contributed by atoms with Gasteiger partial charge in [-0.3, -0.25) is 0 Å². The van der Waals surface area contributed by atoms with Crippen molar-refractivity contribution < 1.29 is 9.53 Å². The van der Waals surface area contributed by atoms with Gasteiger partial charge in [0, 0.05) is 10.4 Å². The first-order valence-corrected chi connectivity index (χ1v) is 5.98. The van der Waals surface area contributed by atoms with Crippen molar-refractivity contribution in [2.45, 2.75) is 26.4 Å². The summed E-state index contributed by atoms with van der Waals surface area (Å²) in [7, 11) is 0. The molecule has 98 valence electrons. The van der Waals surface area contributed by atoms with E-state index in [4.69, 9.17) is 22.9 Å². The molecule has 0 bridgehead atoms. The molecule has 0 fully saturated rings. The number of hydrogen-bond acceptors (Lipinski definition) is 3. The molecule has 5 nitrogen and oxygen atoms in total. The fourth-order valence-electron chi connectivity index (χ4n) is 1.57. The second-order valence-corrected chi connectivity index (χ2v) is 5.42. The Kier molecular flexibility index (Phi) is 3.21. The van der Waals surface area contributed by atoms with Gasteiger partial charge in [0.25, 0.3) is 0 Å². The lowest BCUT2D eigenvalue weighted by Gasteiger charge is -2.19. The highest BCUT2D eigenvalue weighted by molar-refractivity contribution is 6.34. The Morgan fingerprint density at radius 1 is 1.47 bits per heavy atom. The summed E-state index contributed by atoms with van der Waals surface area (Å²) in [5.74, 6) is 0. The second kappa shape index (κ2) is 4.56. The van der Waals surface area contributed by atoms with Gasteiger partial charge in [0.05, 0.1) is 18.3 Å². The molecule has 2 aromatic rings. The molecule has 1 aromatic heterocycles. The van der Waals surface area contributed by atoms with Crippen LogP contribution in [0, 0.1) is 6.57 Å². The van der Waals surface area contributed by atoms with Crippen molar-refractivity contribution >= 4 is 34.3 Å². The number of carbonyl (C=O) groups excluding carboxylic acids is 1. The van der Waals surface area contributed by atoms with Gasteiger partial charge in [0.1, 0.15) is 5.60 Å². The van der Waals surface area contributed by atoms with Gasteiger partial charge >= 0.3 is 6.09 Å². The van der Waals surface area contributed by atoms with Crippen LogP contribution in [0.4, 0.5) is 10.5 Å². The monoisotopic (exact) mass is 277 g/mol. The number of nitrogens with zero attached hydrogens (tertiary/aromatic N) is 3. The molecule has 0 aliphatic heterocycles. The van der Waals surface area contributed by atoms with E-state index in [9.17, 15) is 4.79 Å². The molecule has 0 unspecified atom stereocenters. The summed E-state index contributed by atoms with van der Waals surface area (Å²) in [6, 6.07) is 3.14. The zero-order valence-corrected chi connectivity index (χ0v) is 11.5. The van der Waals surface area contributed by atoms with Crippen molar-refractivity contribution in [2.75, 3.05) is 0 Å². The molecular weight excluding hydrogens is 266 g/mol. The molecule has 6 heteroatoms. The molecule has 0 amide bonds. The third-order valence-electron chi connectivity index (χ3n) is 2.32. The molecule has 0 atom stereocenters. The van der Waals surface area contributed by atoms with Gasteiger partial charge in [0.15, 0.2) is 0 Å². The zero-order chi connectivity index (χ0) is 14.2. The third-order valence-corrected chi connectivity index (χ3v) is 2.63. The van der Waals surface area contributed by atoms with Gasteiger partial charge in [-0.1, -0.05) is 11.6 Å². The Bertz CT molecular complexity index is 692. The van der Waals surface area contributed by atoms with Crippen molar-refractivity contribution in [3.05, 3.63) is 34.8 Å². The standard InChI is InChI=1S/C13H12ClN3O2/c1-13(2,3)19-12(18)17-11-6-10(15-4)9(14)5-8(11)7-16-17/h5-7H,1-3H3. The van der Waals surface area contributed by atoms with E-state index in [1.54, 1.807) is 26.8 Å². The molecule has 0 saturated carbocycles. The smallest absolute Gasteiger partial charge is 0.435 e. The van der Waals surface area contributed by atoms with Gasteiger partial charge < -0.3 is 4.74 Å². The molecule has 0 N–H and O–H groups in total. The fourth-order valence-corrected chi connectivity index (χ4v) is 1.79. The number of aromatic nitrogens is 2. The van der Waals surface area contributed by atoms with E-state index < -0.39 is 11.7 Å². The van der Waals surface area contributed by atoms with E-state index in [0.717, 1.165) is 4.68 Å². The first-order valence-electron chi connectivity index (χ1n) is 5.60. The SMILES string of the molecule is [C-]#[N+]c1cc2c(cnn2C(=O)OC(C)(C)C)cc1Cl. The summed E-state index contributed by atoms with van der Waals surface area (Å²) in [5.41, 5.74) is 0.175. The quantitative estimate of drug-likeness (QED) is 0.683. The predicted octanol–water partition coefficient (Wildman–Crippen LogP) is 4.02. The summed E-state index contributed by atoms with van der Waals surface area (Å²) in [5, 5.41) is 5.00. The molecule has 0 radical (unpaired) electrons. The highest BCUT2D eigenvalue weighted by Gasteiger charge is 2.20. The van der Waals surface area contributed by atoms with Crippen molar-refractivity contribution in [1.29, 1.82) is 0 Å². The maximum atomic E-state index is 12.0. The second-order valence-electron chi connectivity index (χ2n) is 5.01. The summed E-state index contributed by atoms with van der Waals surface area (Å²) >= 11 is 5.93. The first kappa shape index (κ1) is 13.4. The average Bonchev–Trinajstić information content (AvgIpc) is 2.68. The number of benzene rings is 1. The van der Waals surface area contributed by atoms with E-state index >= 15 is 0 Å². The van der Waals surface area contributed by atoms with E-state index in [1.807, 2.05) is 0 Å². The summed E-state index contributed by atoms with van der Waals surface area (Å²) in [4.78, 5) is 15.3. The molecule has 19 heavy (non-hydrogen) atoms. The van der Waals surface area contributed by atoms with E-state index in [1.165, 1.54) is 12.3 Å². The lowest BCUT2D eigenvalue weighted by atomic mass is 10.2. The van der Waals surface area contributed by atoms with Gasteiger partial charge in [-0.05, 0) is 32.9 Å². The van der Waals surface area contributed by atoms with Crippen LogP contribution in [0.2, 0.25) is 5.02 Å². The van der Waals surface area contributed by atoms with Gasteiger partial charge in [-0.15, -0.1) is 0 Å². The Morgan fingerprint density at radius 2 is 2.16 bits per heavy atom. The molecule has 2 rings (SSSR count). The van der Waals surface area contributed by atoms with E-state index in [2.05, 4.69) is 9.94 Å². The predicted molar refractivity (Wildman–Crippen MR) is 72.6 cm³/mol. The van der Waals surface area contributed by atoms with Gasteiger partial charge in [-0.2, -0.15) is 9.78 Å². The normalized spacial score (nSPS) is 11.3. The van der Waals surface area contributed by atoms with Gasteiger partial charge in [0.2, 0.25) is 5.69 Å². The molecule has 1 aromatic carbocycles.